The van der Waals surface area contributed by atoms with Crippen LogP contribution in [0.1, 0.15) is 38.7 Å². The van der Waals surface area contributed by atoms with Crippen LogP contribution in [0.5, 0.6) is 5.75 Å². The lowest BCUT2D eigenvalue weighted by molar-refractivity contribution is -0.126. The third-order valence-electron chi connectivity index (χ3n) is 5.75. The number of ether oxygens (including phenoxy) is 1. The molecule has 0 spiro atoms. The Kier molecular flexibility index (Phi) is 8.57. The lowest BCUT2D eigenvalue weighted by atomic mass is 9.96. The van der Waals surface area contributed by atoms with Crippen molar-refractivity contribution >= 4 is 27.5 Å². The number of carbonyl (C=O) groups is 1. The molecule has 0 aromatic heterocycles. The smallest absolute Gasteiger partial charge is 0.246 e. The molecule has 1 saturated heterocycles. The predicted molar refractivity (Wildman–Crippen MR) is 126 cm³/mol. The van der Waals surface area contributed by atoms with Gasteiger partial charge in [0.25, 0.3) is 0 Å². The highest BCUT2D eigenvalue weighted by Crippen LogP contribution is 2.32. The van der Waals surface area contributed by atoms with Crippen molar-refractivity contribution in [2.75, 3.05) is 19.7 Å². The Morgan fingerprint density at radius 2 is 1.88 bits per heavy atom. The van der Waals surface area contributed by atoms with Crippen molar-refractivity contribution in [3.8, 4) is 5.75 Å². The highest BCUT2D eigenvalue weighted by Gasteiger charge is 2.34. The number of hydrogen-bond acceptors (Lipinski definition) is 4. The van der Waals surface area contributed by atoms with E-state index in [1.165, 1.54) is 15.9 Å². The third-order valence-corrected chi connectivity index (χ3v) is 7.90. The van der Waals surface area contributed by atoms with Crippen LogP contribution in [0.2, 0.25) is 5.02 Å². The number of sulfonamides is 1. The summed E-state index contributed by atoms with van der Waals surface area (Å²) in [6, 6.07) is 14.9. The van der Waals surface area contributed by atoms with E-state index in [0.717, 1.165) is 12.8 Å². The predicted octanol–water partition coefficient (Wildman–Crippen LogP) is 4.28. The molecule has 1 aliphatic rings. The monoisotopic (exact) mass is 478 g/mol. The first-order chi connectivity index (χ1) is 15.3. The van der Waals surface area contributed by atoms with Gasteiger partial charge in [-0.2, -0.15) is 4.31 Å². The standard InChI is InChI=1S/C24H31ClN2O4S/c1-3-31-22-12-11-21(25)17-23(22)32(29,30)27-15-13-20(14-16-27)24(28)26-18(2)9-10-19-7-5-4-6-8-19/h4-8,11-12,17-18,20H,3,9-10,13-16H2,1-2H3,(H,26,28)/t18-/m0/s1. The van der Waals surface area contributed by atoms with Gasteiger partial charge >= 0.3 is 0 Å². The SMILES string of the molecule is CCOc1ccc(Cl)cc1S(=O)(=O)N1CCC(C(=O)N[C@@H](C)CCc2ccccc2)CC1. The van der Waals surface area contributed by atoms with Crippen molar-refractivity contribution in [2.24, 2.45) is 5.92 Å². The number of carbonyl (C=O) groups excluding carboxylic acids is 1. The van der Waals surface area contributed by atoms with Crippen molar-refractivity contribution in [1.29, 1.82) is 0 Å². The van der Waals surface area contributed by atoms with Crippen LogP contribution >= 0.6 is 11.6 Å². The lowest BCUT2D eigenvalue weighted by Gasteiger charge is -2.31. The number of piperidine rings is 1. The fourth-order valence-electron chi connectivity index (χ4n) is 3.92. The minimum Gasteiger partial charge on any atom is -0.492 e. The van der Waals surface area contributed by atoms with Crippen LogP contribution in [0.4, 0.5) is 0 Å². The zero-order chi connectivity index (χ0) is 23.1. The molecular formula is C24H31ClN2O4S. The Hall–Kier alpha value is -2.09. The summed E-state index contributed by atoms with van der Waals surface area (Å²) in [5.74, 6) is 0.107. The van der Waals surface area contributed by atoms with Gasteiger partial charge in [-0.1, -0.05) is 41.9 Å². The number of halogens is 1. The van der Waals surface area contributed by atoms with Gasteiger partial charge in [0.2, 0.25) is 15.9 Å². The summed E-state index contributed by atoms with van der Waals surface area (Å²) in [6.45, 7) is 4.74. The van der Waals surface area contributed by atoms with Gasteiger partial charge in [-0.3, -0.25) is 4.79 Å². The van der Waals surface area contributed by atoms with E-state index in [-0.39, 0.29) is 35.9 Å². The Morgan fingerprint density at radius 1 is 1.19 bits per heavy atom. The van der Waals surface area contributed by atoms with Gasteiger partial charge in [0, 0.05) is 30.1 Å². The number of aryl methyl sites for hydroxylation is 1. The van der Waals surface area contributed by atoms with E-state index in [1.54, 1.807) is 19.1 Å². The van der Waals surface area contributed by atoms with Crippen LogP contribution < -0.4 is 10.1 Å². The molecule has 2 aromatic carbocycles. The molecule has 1 aliphatic heterocycles. The minimum absolute atomic E-state index is 0.000343. The Balaban J connectivity index is 1.55. The largest absolute Gasteiger partial charge is 0.492 e. The zero-order valence-electron chi connectivity index (χ0n) is 18.6. The van der Waals surface area contributed by atoms with Crippen molar-refractivity contribution in [3.63, 3.8) is 0 Å². The second-order valence-electron chi connectivity index (χ2n) is 8.14. The number of rotatable bonds is 9. The number of benzene rings is 2. The van der Waals surface area contributed by atoms with Gasteiger partial charge in [0.1, 0.15) is 10.6 Å². The quantitative estimate of drug-likeness (QED) is 0.583. The van der Waals surface area contributed by atoms with E-state index in [1.807, 2.05) is 25.1 Å². The Bertz CT molecular complexity index is 1010. The second kappa shape index (κ2) is 11.2. The molecule has 0 saturated carbocycles. The Morgan fingerprint density at radius 3 is 2.53 bits per heavy atom. The average Bonchev–Trinajstić information content (AvgIpc) is 2.79. The van der Waals surface area contributed by atoms with Crippen LogP contribution in [0, 0.1) is 5.92 Å². The maximum atomic E-state index is 13.2. The molecule has 0 radical (unpaired) electrons. The molecule has 2 aromatic rings. The molecule has 32 heavy (non-hydrogen) atoms. The molecule has 1 fully saturated rings. The first-order valence-electron chi connectivity index (χ1n) is 11.1. The molecule has 0 unspecified atom stereocenters. The summed E-state index contributed by atoms with van der Waals surface area (Å²) in [4.78, 5) is 12.8. The number of amides is 1. The van der Waals surface area contributed by atoms with E-state index in [9.17, 15) is 13.2 Å². The molecule has 1 atom stereocenters. The summed E-state index contributed by atoms with van der Waals surface area (Å²) in [5, 5.41) is 3.43. The third kappa shape index (κ3) is 6.24. The number of nitrogens with zero attached hydrogens (tertiary/aromatic N) is 1. The molecule has 6 nitrogen and oxygen atoms in total. The van der Waals surface area contributed by atoms with Crippen molar-refractivity contribution in [2.45, 2.75) is 50.5 Å². The number of nitrogens with one attached hydrogen (secondary N) is 1. The van der Waals surface area contributed by atoms with Crippen LogP contribution in [-0.4, -0.2) is 44.4 Å². The average molecular weight is 479 g/mol. The molecule has 1 N–H and O–H groups in total. The summed E-state index contributed by atoms with van der Waals surface area (Å²) in [6.07, 6.45) is 2.74. The highest BCUT2D eigenvalue weighted by molar-refractivity contribution is 7.89. The second-order valence-corrected chi connectivity index (χ2v) is 10.5. The normalized spacial score (nSPS) is 16.5. The van der Waals surface area contributed by atoms with Crippen LogP contribution in [0.15, 0.2) is 53.4 Å². The van der Waals surface area contributed by atoms with E-state index in [0.29, 0.717) is 30.2 Å². The van der Waals surface area contributed by atoms with E-state index >= 15 is 0 Å². The summed E-state index contributed by atoms with van der Waals surface area (Å²) in [7, 11) is -3.76. The van der Waals surface area contributed by atoms with E-state index < -0.39 is 10.0 Å². The van der Waals surface area contributed by atoms with Gasteiger partial charge in [0.05, 0.1) is 6.61 Å². The fraction of sp³-hybridized carbons (Fsp3) is 0.458. The lowest BCUT2D eigenvalue weighted by Crippen LogP contribution is -2.44. The fourth-order valence-corrected chi connectivity index (χ4v) is 5.78. The first kappa shape index (κ1) is 24.6. The highest BCUT2D eigenvalue weighted by atomic mass is 35.5. The van der Waals surface area contributed by atoms with Gasteiger partial charge in [-0.25, -0.2) is 8.42 Å². The molecule has 1 amide bonds. The van der Waals surface area contributed by atoms with Crippen LogP contribution in [0.25, 0.3) is 0 Å². The molecular weight excluding hydrogens is 448 g/mol. The Labute approximate surface area is 196 Å². The van der Waals surface area contributed by atoms with E-state index in [2.05, 4.69) is 17.4 Å². The summed E-state index contributed by atoms with van der Waals surface area (Å²) >= 11 is 6.05. The molecule has 1 heterocycles. The zero-order valence-corrected chi connectivity index (χ0v) is 20.2. The minimum atomic E-state index is -3.76. The molecule has 8 heteroatoms. The van der Waals surface area contributed by atoms with Crippen molar-refractivity contribution in [1.82, 2.24) is 9.62 Å². The van der Waals surface area contributed by atoms with Crippen molar-refractivity contribution < 1.29 is 17.9 Å². The first-order valence-corrected chi connectivity index (χ1v) is 12.9. The van der Waals surface area contributed by atoms with Crippen LogP contribution in [-0.2, 0) is 21.2 Å². The molecule has 3 rings (SSSR count). The summed E-state index contributed by atoms with van der Waals surface area (Å²) in [5.41, 5.74) is 1.25. The van der Waals surface area contributed by atoms with E-state index in [4.69, 9.17) is 16.3 Å². The van der Waals surface area contributed by atoms with Gasteiger partial charge in [0.15, 0.2) is 0 Å². The molecule has 0 bridgehead atoms. The van der Waals surface area contributed by atoms with Gasteiger partial charge in [-0.15, -0.1) is 0 Å². The summed E-state index contributed by atoms with van der Waals surface area (Å²) < 4.78 is 33.3. The topological polar surface area (TPSA) is 75.7 Å². The maximum Gasteiger partial charge on any atom is 0.246 e. The molecule has 0 aliphatic carbocycles. The number of hydrogen-bond donors (Lipinski definition) is 1. The molecule has 174 valence electrons. The van der Waals surface area contributed by atoms with Crippen LogP contribution in [0.3, 0.4) is 0 Å². The van der Waals surface area contributed by atoms with Crippen molar-refractivity contribution in [3.05, 3.63) is 59.1 Å². The van der Waals surface area contributed by atoms with Gasteiger partial charge < -0.3 is 10.1 Å². The maximum absolute atomic E-state index is 13.2. The van der Waals surface area contributed by atoms with Gasteiger partial charge in [-0.05, 0) is 63.3 Å².